The van der Waals surface area contributed by atoms with Crippen molar-refractivity contribution in [3.8, 4) is 17.6 Å². The van der Waals surface area contributed by atoms with E-state index in [1.807, 2.05) is 40.7 Å². The first kappa shape index (κ1) is 27.3. The summed E-state index contributed by atoms with van der Waals surface area (Å²) >= 11 is 0. The third-order valence-electron chi connectivity index (χ3n) is 8.52. The molecule has 9 heteroatoms. The zero-order valence-electron chi connectivity index (χ0n) is 24.4. The van der Waals surface area contributed by atoms with Crippen LogP contribution in [0.2, 0.25) is 0 Å². The van der Waals surface area contributed by atoms with Gasteiger partial charge in [0, 0.05) is 24.0 Å². The Kier molecular flexibility index (Phi) is 5.75. The molecule has 0 fully saturated rings. The predicted molar refractivity (Wildman–Crippen MR) is 154 cm³/mol. The number of hydrogen-bond acceptors (Lipinski definition) is 8. The van der Waals surface area contributed by atoms with E-state index in [1.165, 1.54) is 7.11 Å². The Bertz CT molecular complexity index is 1770. The normalized spacial score (nSPS) is 23.2. The molecule has 3 aliphatic heterocycles. The van der Waals surface area contributed by atoms with Crippen molar-refractivity contribution < 1.29 is 28.6 Å². The number of esters is 1. The molecule has 2 aromatic rings. The molecule has 0 aromatic heterocycles. The number of rotatable bonds is 3. The highest BCUT2D eigenvalue weighted by atomic mass is 16.5. The standard InChI is InChI=1S/C33H31N3O6/c1-17-13-32(4,5)36-27-20(17)11-18(41-29(38)19-9-7-8-10-24(19)40-6)12-21(27)33(30(36)39)22(16-34)28(35)42-25-15-31(2,3)14-23(37)26(25)33/h7-13H,14-15,35H2,1-6H3. The summed E-state index contributed by atoms with van der Waals surface area (Å²) in [6.45, 7) is 9.59. The van der Waals surface area contributed by atoms with Crippen LogP contribution in [0.15, 0.2) is 65.3 Å². The van der Waals surface area contributed by atoms with E-state index in [0.29, 0.717) is 29.0 Å². The van der Waals surface area contributed by atoms with E-state index in [2.05, 4.69) is 6.07 Å². The summed E-state index contributed by atoms with van der Waals surface area (Å²) in [4.78, 5) is 43.8. The number of carbonyl (C=O) groups is 3. The number of amides is 1. The average Bonchev–Trinajstić information content (AvgIpc) is 3.15. The molecule has 42 heavy (non-hydrogen) atoms. The molecule has 2 N–H and O–H groups in total. The number of anilines is 1. The molecule has 0 saturated carbocycles. The monoisotopic (exact) mass is 565 g/mol. The Morgan fingerprint density at radius 2 is 1.83 bits per heavy atom. The van der Waals surface area contributed by atoms with Gasteiger partial charge < -0.3 is 24.8 Å². The van der Waals surface area contributed by atoms with E-state index in [4.69, 9.17) is 19.9 Å². The molecule has 3 heterocycles. The third-order valence-corrected chi connectivity index (χ3v) is 8.52. The number of hydrogen-bond donors (Lipinski definition) is 1. The Labute approximate surface area is 243 Å². The zero-order chi connectivity index (χ0) is 30.4. The molecule has 0 saturated heterocycles. The summed E-state index contributed by atoms with van der Waals surface area (Å²) in [6, 6.07) is 12.1. The first-order chi connectivity index (χ1) is 19.8. The molecule has 1 spiro atoms. The number of benzene rings is 2. The van der Waals surface area contributed by atoms with Gasteiger partial charge in [-0.2, -0.15) is 5.26 Å². The smallest absolute Gasteiger partial charge is 0.347 e. The van der Waals surface area contributed by atoms with E-state index >= 15 is 0 Å². The van der Waals surface area contributed by atoms with Gasteiger partial charge in [-0.25, -0.2) is 4.79 Å². The molecule has 1 aliphatic carbocycles. The number of allylic oxidation sites excluding steroid dienone is 2. The topological polar surface area (TPSA) is 132 Å². The number of nitriles is 1. The highest BCUT2D eigenvalue weighted by Crippen LogP contribution is 2.61. The number of nitrogens with two attached hydrogens (primary N) is 1. The van der Waals surface area contributed by atoms with Crippen LogP contribution in [-0.4, -0.2) is 30.3 Å². The van der Waals surface area contributed by atoms with Crippen molar-refractivity contribution in [1.82, 2.24) is 0 Å². The van der Waals surface area contributed by atoms with Crippen molar-refractivity contribution in [3.05, 3.63) is 82.0 Å². The van der Waals surface area contributed by atoms with Crippen LogP contribution >= 0.6 is 0 Å². The Morgan fingerprint density at radius 3 is 2.52 bits per heavy atom. The second-order valence-electron chi connectivity index (χ2n) is 12.5. The molecule has 214 valence electrons. The molecule has 6 rings (SSSR count). The largest absolute Gasteiger partial charge is 0.496 e. The summed E-state index contributed by atoms with van der Waals surface area (Å²) in [5.41, 5.74) is 5.87. The minimum atomic E-state index is -1.85. The van der Waals surface area contributed by atoms with Crippen molar-refractivity contribution in [3.63, 3.8) is 0 Å². The molecule has 9 nitrogen and oxygen atoms in total. The lowest BCUT2D eigenvalue weighted by atomic mass is 9.62. The number of ether oxygens (including phenoxy) is 3. The Hall–Kier alpha value is -4.84. The molecule has 0 bridgehead atoms. The maximum Gasteiger partial charge on any atom is 0.347 e. The van der Waals surface area contributed by atoms with Crippen LogP contribution < -0.4 is 20.1 Å². The van der Waals surface area contributed by atoms with Crippen LogP contribution in [0.3, 0.4) is 0 Å². The number of methoxy groups -OCH3 is 1. The first-order valence-corrected chi connectivity index (χ1v) is 13.7. The molecule has 1 unspecified atom stereocenters. The predicted octanol–water partition coefficient (Wildman–Crippen LogP) is 5.06. The quantitative estimate of drug-likeness (QED) is 0.403. The number of ketones is 1. The second kappa shape index (κ2) is 8.83. The number of fused-ring (bicyclic) bond motifs is 2. The Morgan fingerprint density at radius 1 is 1.12 bits per heavy atom. The van der Waals surface area contributed by atoms with Crippen molar-refractivity contribution in [1.29, 1.82) is 5.26 Å². The maximum atomic E-state index is 14.9. The molecule has 4 aliphatic rings. The van der Waals surface area contributed by atoms with E-state index in [-0.39, 0.29) is 46.3 Å². The van der Waals surface area contributed by atoms with Gasteiger partial charge in [-0.05, 0) is 56.0 Å². The van der Waals surface area contributed by atoms with E-state index in [0.717, 1.165) is 5.57 Å². The van der Waals surface area contributed by atoms with Gasteiger partial charge in [0.2, 0.25) is 11.8 Å². The average molecular weight is 566 g/mol. The highest BCUT2D eigenvalue weighted by molar-refractivity contribution is 6.22. The fraction of sp³-hybridized carbons (Fsp3) is 0.333. The van der Waals surface area contributed by atoms with Gasteiger partial charge in [0.05, 0.1) is 23.9 Å². The summed E-state index contributed by atoms with van der Waals surface area (Å²) in [5, 5.41) is 10.5. The molecule has 2 aromatic carbocycles. The molecule has 1 atom stereocenters. The Balaban J connectivity index is 1.65. The highest BCUT2D eigenvalue weighted by Gasteiger charge is 2.65. The van der Waals surface area contributed by atoms with Crippen molar-refractivity contribution in [2.75, 3.05) is 12.0 Å². The van der Waals surface area contributed by atoms with Gasteiger partial charge in [0.15, 0.2) is 5.78 Å². The first-order valence-electron chi connectivity index (χ1n) is 13.7. The van der Waals surface area contributed by atoms with E-state index in [1.54, 1.807) is 41.3 Å². The van der Waals surface area contributed by atoms with E-state index in [9.17, 15) is 19.6 Å². The van der Waals surface area contributed by atoms with Gasteiger partial charge in [-0.15, -0.1) is 0 Å². The van der Waals surface area contributed by atoms with Crippen LogP contribution in [0.4, 0.5) is 5.69 Å². The lowest BCUT2D eigenvalue weighted by Crippen LogP contribution is -2.55. The number of Topliss-reactive ketones (excluding diaryl/α,β-unsaturated/α-hetero) is 1. The van der Waals surface area contributed by atoms with Crippen LogP contribution in [0.5, 0.6) is 11.5 Å². The summed E-state index contributed by atoms with van der Waals surface area (Å²) < 4.78 is 17.2. The maximum absolute atomic E-state index is 14.9. The van der Waals surface area contributed by atoms with Crippen LogP contribution in [0.1, 0.15) is 68.9 Å². The summed E-state index contributed by atoms with van der Waals surface area (Å²) in [6.07, 6.45) is 2.46. The van der Waals surface area contributed by atoms with Gasteiger partial charge in [0.25, 0.3) is 0 Å². The lowest BCUT2D eigenvalue weighted by Gasteiger charge is -2.43. The van der Waals surface area contributed by atoms with Crippen molar-refractivity contribution in [2.24, 2.45) is 11.1 Å². The minimum absolute atomic E-state index is 0.121. The summed E-state index contributed by atoms with van der Waals surface area (Å²) in [5.74, 6) is -0.861. The van der Waals surface area contributed by atoms with Crippen molar-refractivity contribution >= 4 is 28.9 Å². The third kappa shape index (κ3) is 3.57. The van der Waals surface area contributed by atoms with Gasteiger partial charge in [0.1, 0.15) is 39.9 Å². The molecule has 1 amide bonds. The minimum Gasteiger partial charge on any atom is -0.496 e. The fourth-order valence-corrected chi connectivity index (χ4v) is 6.96. The SMILES string of the molecule is COc1ccccc1C(=O)Oc1cc2c3c(c1)C1(C(=O)N3C(C)(C)C=C2C)C(C#N)=C(N)OC2=C1C(=O)CC(C)(C)C2. The number of nitrogens with zero attached hydrogens (tertiary/aromatic N) is 2. The van der Waals surface area contributed by atoms with Gasteiger partial charge >= 0.3 is 5.97 Å². The lowest BCUT2D eigenvalue weighted by molar-refractivity contribution is -0.126. The van der Waals surface area contributed by atoms with E-state index < -0.39 is 28.2 Å². The fourth-order valence-electron chi connectivity index (χ4n) is 6.96. The number of carbonyl (C=O) groups excluding carboxylic acids is 3. The van der Waals surface area contributed by atoms with Gasteiger partial charge in [-0.3, -0.25) is 9.59 Å². The van der Waals surface area contributed by atoms with Crippen LogP contribution in [0.25, 0.3) is 5.57 Å². The van der Waals surface area contributed by atoms with Crippen LogP contribution in [-0.2, 0) is 19.7 Å². The number of para-hydroxylation sites is 1. The van der Waals surface area contributed by atoms with Crippen molar-refractivity contribution in [2.45, 2.75) is 58.4 Å². The zero-order valence-corrected chi connectivity index (χ0v) is 24.4. The van der Waals surface area contributed by atoms with Crippen LogP contribution in [0, 0.1) is 16.7 Å². The molecule has 0 radical (unpaired) electrons. The summed E-state index contributed by atoms with van der Waals surface area (Å²) in [7, 11) is 1.46. The van der Waals surface area contributed by atoms with Gasteiger partial charge in [-0.1, -0.05) is 32.1 Å². The second-order valence-corrected chi connectivity index (χ2v) is 12.5. The molecular formula is C33H31N3O6. The molecular weight excluding hydrogens is 534 g/mol.